The second-order valence-corrected chi connectivity index (χ2v) is 5.77. The normalized spacial score (nSPS) is 20.8. The zero-order chi connectivity index (χ0) is 16.4. The minimum absolute atomic E-state index is 0.0496. The fourth-order valence-electron chi connectivity index (χ4n) is 2.90. The number of amides is 2. The third-order valence-corrected chi connectivity index (χ3v) is 4.07. The Balaban J connectivity index is 1.67. The summed E-state index contributed by atoms with van der Waals surface area (Å²) in [6, 6.07) is 9.08. The molecule has 0 bridgehead atoms. The van der Waals surface area contributed by atoms with E-state index in [0.717, 1.165) is 5.69 Å². The summed E-state index contributed by atoms with van der Waals surface area (Å²) in [7, 11) is 1.73. The Hall–Kier alpha value is -2.70. The van der Waals surface area contributed by atoms with E-state index in [1.807, 2.05) is 37.3 Å². The van der Waals surface area contributed by atoms with E-state index < -0.39 is 6.04 Å². The molecular formula is C16H19N5O2. The average Bonchev–Trinajstić information content (AvgIpc) is 3.04. The first-order chi connectivity index (χ1) is 11.1. The Bertz CT molecular complexity index is 712. The lowest BCUT2D eigenvalue weighted by molar-refractivity contribution is -0.126. The lowest BCUT2D eigenvalue weighted by Crippen LogP contribution is -2.42. The van der Waals surface area contributed by atoms with Crippen molar-refractivity contribution in [2.24, 2.45) is 7.05 Å². The van der Waals surface area contributed by atoms with Gasteiger partial charge in [0.05, 0.1) is 18.3 Å². The third kappa shape index (κ3) is 3.08. The van der Waals surface area contributed by atoms with Crippen molar-refractivity contribution in [1.82, 2.24) is 20.3 Å². The predicted octanol–water partition coefficient (Wildman–Crippen LogP) is 0.668. The van der Waals surface area contributed by atoms with Crippen LogP contribution >= 0.6 is 0 Å². The van der Waals surface area contributed by atoms with Crippen LogP contribution in [0.4, 0.5) is 5.69 Å². The van der Waals surface area contributed by atoms with Crippen LogP contribution in [0.3, 0.4) is 0 Å². The van der Waals surface area contributed by atoms with Crippen molar-refractivity contribution in [3.05, 3.63) is 42.2 Å². The summed E-state index contributed by atoms with van der Waals surface area (Å²) < 4.78 is 1.55. The molecule has 2 amide bonds. The number of hydrogen-bond acceptors (Lipinski definition) is 4. The first-order valence-corrected chi connectivity index (χ1v) is 7.57. The van der Waals surface area contributed by atoms with Crippen LogP contribution in [0.5, 0.6) is 0 Å². The summed E-state index contributed by atoms with van der Waals surface area (Å²) >= 11 is 0. The molecule has 3 rings (SSSR count). The molecular weight excluding hydrogens is 294 g/mol. The molecule has 0 radical (unpaired) electrons. The van der Waals surface area contributed by atoms with Crippen LogP contribution in [0.25, 0.3) is 0 Å². The predicted molar refractivity (Wildman–Crippen MR) is 84.6 cm³/mol. The highest BCUT2D eigenvalue weighted by Gasteiger charge is 2.38. The number of aromatic nitrogens is 3. The van der Waals surface area contributed by atoms with E-state index in [4.69, 9.17) is 0 Å². The monoisotopic (exact) mass is 313 g/mol. The quantitative estimate of drug-likeness (QED) is 0.899. The molecule has 1 fully saturated rings. The lowest BCUT2D eigenvalue weighted by Gasteiger charge is -2.21. The van der Waals surface area contributed by atoms with Crippen LogP contribution in [-0.4, -0.2) is 38.9 Å². The maximum Gasteiger partial charge on any atom is 0.249 e. The van der Waals surface area contributed by atoms with Gasteiger partial charge in [0.1, 0.15) is 6.04 Å². The van der Waals surface area contributed by atoms with Gasteiger partial charge >= 0.3 is 0 Å². The molecule has 0 aliphatic carbocycles. The van der Waals surface area contributed by atoms with Gasteiger partial charge in [-0.05, 0) is 25.5 Å². The minimum atomic E-state index is -0.487. The van der Waals surface area contributed by atoms with Gasteiger partial charge < -0.3 is 10.2 Å². The zero-order valence-corrected chi connectivity index (χ0v) is 13.1. The Morgan fingerprint density at radius 1 is 1.35 bits per heavy atom. The number of anilines is 1. The number of carbonyl (C=O) groups excluding carboxylic acids is 2. The van der Waals surface area contributed by atoms with Gasteiger partial charge in [0.2, 0.25) is 11.8 Å². The van der Waals surface area contributed by atoms with Crippen LogP contribution in [0, 0.1) is 0 Å². The number of hydrogen-bond donors (Lipinski definition) is 1. The van der Waals surface area contributed by atoms with Crippen molar-refractivity contribution in [2.45, 2.75) is 31.8 Å². The molecule has 2 atom stereocenters. The lowest BCUT2D eigenvalue weighted by atomic mass is 10.2. The molecule has 1 saturated heterocycles. The van der Waals surface area contributed by atoms with Gasteiger partial charge in [0.25, 0.3) is 0 Å². The van der Waals surface area contributed by atoms with Crippen molar-refractivity contribution in [3.63, 3.8) is 0 Å². The minimum Gasteiger partial charge on any atom is -0.344 e. The molecule has 120 valence electrons. The highest BCUT2D eigenvalue weighted by Crippen LogP contribution is 2.26. The van der Waals surface area contributed by atoms with Crippen LogP contribution < -0.4 is 10.2 Å². The van der Waals surface area contributed by atoms with Crippen molar-refractivity contribution < 1.29 is 9.59 Å². The SMILES string of the molecule is CC1CC(NC(=O)Cc2cnnn2C)C(=O)N1c1ccccc1. The van der Waals surface area contributed by atoms with Crippen molar-refractivity contribution >= 4 is 17.5 Å². The maximum atomic E-state index is 12.6. The smallest absolute Gasteiger partial charge is 0.249 e. The molecule has 2 heterocycles. The van der Waals surface area contributed by atoms with Crippen LogP contribution in [0.1, 0.15) is 19.0 Å². The molecule has 1 aromatic heterocycles. The Kier molecular flexibility index (Phi) is 4.10. The van der Waals surface area contributed by atoms with Gasteiger partial charge in [-0.15, -0.1) is 5.10 Å². The van der Waals surface area contributed by atoms with Gasteiger partial charge in [0.15, 0.2) is 0 Å². The first-order valence-electron chi connectivity index (χ1n) is 7.57. The topological polar surface area (TPSA) is 80.1 Å². The van der Waals surface area contributed by atoms with Crippen molar-refractivity contribution in [2.75, 3.05) is 4.90 Å². The van der Waals surface area contributed by atoms with Gasteiger partial charge in [-0.1, -0.05) is 23.4 Å². The Morgan fingerprint density at radius 2 is 2.09 bits per heavy atom. The van der Waals surface area contributed by atoms with Crippen molar-refractivity contribution in [3.8, 4) is 0 Å². The van der Waals surface area contributed by atoms with E-state index in [0.29, 0.717) is 12.1 Å². The molecule has 7 heteroatoms. The van der Waals surface area contributed by atoms with E-state index >= 15 is 0 Å². The summed E-state index contributed by atoms with van der Waals surface area (Å²) in [6.45, 7) is 1.99. The zero-order valence-electron chi connectivity index (χ0n) is 13.1. The Morgan fingerprint density at radius 3 is 2.74 bits per heavy atom. The van der Waals surface area contributed by atoms with Crippen LogP contribution in [0.15, 0.2) is 36.5 Å². The fraction of sp³-hybridized carbons (Fsp3) is 0.375. The number of aryl methyl sites for hydroxylation is 1. The summed E-state index contributed by atoms with van der Waals surface area (Å²) in [4.78, 5) is 26.5. The summed E-state index contributed by atoms with van der Waals surface area (Å²) in [5.41, 5.74) is 1.57. The highest BCUT2D eigenvalue weighted by atomic mass is 16.2. The number of para-hydroxylation sites is 1. The van der Waals surface area contributed by atoms with Gasteiger partial charge in [-0.25, -0.2) is 0 Å². The van der Waals surface area contributed by atoms with Crippen LogP contribution in [-0.2, 0) is 23.1 Å². The van der Waals surface area contributed by atoms with Gasteiger partial charge in [-0.2, -0.15) is 0 Å². The second kappa shape index (κ2) is 6.20. The summed E-state index contributed by atoms with van der Waals surface area (Å²) in [5, 5.41) is 10.4. The molecule has 2 aromatic rings. The van der Waals surface area contributed by atoms with E-state index in [9.17, 15) is 9.59 Å². The number of nitrogens with zero attached hydrogens (tertiary/aromatic N) is 4. The Labute approximate surface area is 134 Å². The first kappa shape index (κ1) is 15.2. The van der Waals surface area contributed by atoms with E-state index in [1.54, 1.807) is 22.8 Å². The molecule has 1 aliphatic rings. The number of carbonyl (C=O) groups is 2. The highest BCUT2D eigenvalue weighted by molar-refractivity contribution is 6.02. The molecule has 23 heavy (non-hydrogen) atoms. The van der Waals surface area contributed by atoms with E-state index in [1.165, 1.54) is 0 Å². The van der Waals surface area contributed by atoms with E-state index in [-0.39, 0.29) is 24.3 Å². The van der Waals surface area contributed by atoms with Gasteiger partial charge in [0, 0.05) is 18.8 Å². The molecule has 1 N–H and O–H groups in total. The van der Waals surface area contributed by atoms with E-state index in [2.05, 4.69) is 15.6 Å². The molecule has 2 unspecified atom stereocenters. The van der Waals surface area contributed by atoms with Gasteiger partial charge in [-0.3, -0.25) is 14.3 Å². The number of rotatable bonds is 4. The van der Waals surface area contributed by atoms with Crippen molar-refractivity contribution in [1.29, 1.82) is 0 Å². The summed E-state index contributed by atoms with van der Waals surface area (Å²) in [6.07, 6.45) is 2.31. The third-order valence-electron chi connectivity index (χ3n) is 4.07. The summed E-state index contributed by atoms with van der Waals surface area (Å²) in [5.74, 6) is -0.268. The second-order valence-electron chi connectivity index (χ2n) is 5.77. The maximum absolute atomic E-state index is 12.6. The standard InChI is InChI=1S/C16H19N5O2/c1-11-8-14(16(23)21(11)12-6-4-3-5-7-12)18-15(22)9-13-10-17-19-20(13)2/h3-7,10-11,14H,8-9H2,1-2H3,(H,18,22). The number of benzene rings is 1. The fourth-order valence-corrected chi connectivity index (χ4v) is 2.90. The molecule has 0 saturated carbocycles. The molecule has 1 aromatic carbocycles. The molecule has 0 spiro atoms. The molecule has 7 nitrogen and oxygen atoms in total. The van der Waals surface area contributed by atoms with Crippen LogP contribution in [0.2, 0.25) is 0 Å². The molecule has 1 aliphatic heterocycles. The largest absolute Gasteiger partial charge is 0.344 e. The number of nitrogens with one attached hydrogen (secondary N) is 1. The average molecular weight is 313 g/mol.